The van der Waals surface area contributed by atoms with Crippen LogP contribution < -0.4 is 16.1 Å². The average Bonchev–Trinajstić information content (AvgIpc) is 3.55. The second-order valence-corrected chi connectivity index (χ2v) is 17.7. The molecule has 2 atom stereocenters. The monoisotopic (exact) mass is 954 g/mol. The highest BCUT2D eigenvalue weighted by Crippen LogP contribution is 2.38. The van der Waals surface area contributed by atoms with Gasteiger partial charge in [-0.05, 0) is 110 Å². The number of hydrogen-bond donors (Lipinski definition) is 4. The number of hydrogen-bond acceptors (Lipinski definition) is 12. The Labute approximate surface area is 400 Å². The Kier molecular flexibility index (Phi) is 15.6. The van der Waals surface area contributed by atoms with Crippen LogP contribution in [0.3, 0.4) is 0 Å². The minimum absolute atomic E-state index is 0. The van der Waals surface area contributed by atoms with Crippen LogP contribution in [0.15, 0.2) is 151 Å². The lowest BCUT2D eigenvalue weighted by Crippen LogP contribution is -2.41. The average molecular weight is 956 g/mol. The van der Waals surface area contributed by atoms with Gasteiger partial charge in [0, 0.05) is 57.7 Å². The summed E-state index contributed by atoms with van der Waals surface area (Å²) in [7, 11) is -0.468. The van der Waals surface area contributed by atoms with Gasteiger partial charge >= 0.3 is 7.12 Å². The third-order valence-corrected chi connectivity index (χ3v) is 12.0. The fourth-order valence-electron chi connectivity index (χ4n) is 7.26. The van der Waals surface area contributed by atoms with E-state index in [-0.39, 0.29) is 31.0 Å². The highest BCUT2D eigenvalue weighted by molar-refractivity contribution is 9.10. The molecule has 12 nitrogen and oxygen atoms in total. The Hall–Kier alpha value is -7.36. The van der Waals surface area contributed by atoms with Crippen LogP contribution >= 0.6 is 15.9 Å². The minimum atomic E-state index is -0.468. The number of anilines is 2. The van der Waals surface area contributed by atoms with Crippen molar-refractivity contribution in [3.8, 4) is 34.8 Å². The van der Waals surface area contributed by atoms with Crippen LogP contribution in [0.25, 0.3) is 32.9 Å². The number of nitriles is 2. The number of aromatic nitrogens is 4. The fourth-order valence-corrected chi connectivity index (χ4v) is 7.61. The highest BCUT2D eigenvalue weighted by atomic mass is 79.9. The van der Waals surface area contributed by atoms with Gasteiger partial charge in [0.1, 0.15) is 23.6 Å². The zero-order chi connectivity index (χ0) is 47.0. The number of aromatic hydroxyl groups is 2. The number of pyridine rings is 4. The van der Waals surface area contributed by atoms with Crippen molar-refractivity contribution in [3.63, 3.8) is 0 Å². The molecule has 4 N–H and O–H groups in total. The molecule has 1 saturated heterocycles. The normalized spacial score (nSPS) is 14.1. The van der Waals surface area contributed by atoms with Crippen molar-refractivity contribution in [1.82, 2.24) is 19.9 Å². The lowest BCUT2D eigenvalue weighted by molar-refractivity contribution is 0.00578. The zero-order valence-corrected chi connectivity index (χ0v) is 38.9. The molecule has 1 aliphatic heterocycles. The van der Waals surface area contributed by atoms with Crippen molar-refractivity contribution in [1.29, 1.82) is 10.5 Å². The largest absolute Gasteiger partial charge is 0.506 e. The van der Waals surface area contributed by atoms with E-state index in [9.17, 15) is 15.6 Å². The molecule has 8 aromatic rings. The van der Waals surface area contributed by atoms with Crippen LogP contribution in [0.4, 0.5) is 11.4 Å². The molecule has 9 rings (SSSR count). The molecular weight excluding hydrogens is 903 g/mol. The number of nitrogens with one attached hydrogen (secondary N) is 2. The maximum Gasteiger partial charge on any atom is 0.494 e. The van der Waals surface area contributed by atoms with E-state index in [1.807, 2.05) is 100 Å². The molecule has 0 aliphatic carbocycles. The van der Waals surface area contributed by atoms with Crippen molar-refractivity contribution < 1.29 is 19.5 Å². The maximum atomic E-state index is 9.74. The van der Waals surface area contributed by atoms with Crippen LogP contribution in [0.2, 0.25) is 0 Å². The van der Waals surface area contributed by atoms with Gasteiger partial charge in [-0.25, -0.2) is 0 Å². The van der Waals surface area contributed by atoms with Gasteiger partial charge in [-0.3, -0.25) is 19.9 Å². The first kappa shape index (κ1) is 49.1. The van der Waals surface area contributed by atoms with Gasteiger partial charge in [0.2, 0.25) is 0 Å². The van der Waals surface area contributed by atoms with Crippen LogP contribution in [0.1, 0.15) is 83.3 Å². The van der Waals surface area contributed by atoms with E-state index in [0.717, 1.165) is 65.4 Å². The van der Waals surface area contributed by atoms with E-state index < -0.39 is 18.3 Å². The number of fused-ring (bicyclic) bond motifs is 2. The highest BCUT2D eigenvalue weighted by Gasteiger charge is 2.51. The van der Waals surface area contributed by atoms with Gasteiger partial charge in [-0.15, -0.1) is 0 Å². The fraction of sp³-hybridized carbons (Fsp3) is 0.208. The summed E-state index contributed by atoms with van der Waals surface area (Å²) < 4.78 is 13.2. The summed E-state index contributed by atoms with van der Waals surface area (Å²) in [6.07, 6.45) is 9.30. The molecule has 0 spiro atoms. The third kappa shape index (κ3) is 11.5. The van der Waals surface area contributed by atoms with Gasteiger partial charge < -0.3 is 30.2 Å². The van der Waals surface area contributed by atoms with E-state index >= 15 is 0 Å². The summed E-state index contributed by atoms with van der Waals surface area (Å²) >= 11 is 3.14. The molecule has 0 amide bonds. The second-order valence-electron chi connectivity index (χ2n) is 16.8. The summed E-state index contributed by atoms with van der Waals surface area (Å²) in [5.41, 5.74) is 8.18. The van der Waals surface area contributed by atoms with E-state index in [4.69, 9.17) is 14.4 Å². The SMILES string of the molecule is C.CC(Nc1c(C#N)cnc2ccc(-c3cncc(O)c3)cc12)c1ccccc1.CC(Nc1c(C#N)cnc2ccc(B3OC(C)(C)C(C)(C)O3)cc12)c1ccccc1.Oc1cncc(Br)c1. The first-order chi connectivity index (χ1) is 31.7. The zero-order valence-electron chi connectivity index (χ0n) is 37.4. The summed E-state index contributed by atoms with van der Waals surface area (Å²) in [5.74, 6) is 0.289. The summed E-state index contributed by atoms with van der Waals surface area (Å²) in [5, 5.41) is 46.5. The molecule has 338 valence electrons. The molecule has 5 heterocycles. The number of halogens is 1. The van der Waals surface area contributed by atoms with Gasteiger partial charge in [-0.1, -0.05) is 86.3 Å². The maximum absolute atomic E-state index is 9.74. The molecule has 2 unspecified atom stereocenters. The van der Waals surface area contributed by atoms with Crippen molar-refractivity contribution in [2.45, 2.75) is 72.3 Å². The molecule has 67 heavy (non-hydrogen) atoms. The molecule has 0 saturated carbocycles. The molecular formula is C53H52BBrN8O4. The van der Waals surface area contributed by atoms with E-state index in [1.54, 1.807) is 36.9 Å². The van der Waals surface area contributed by atoms with E-state index in [0.29, 0.717) is 11.1 Å². The van der Waals surface area contributed by atoms with Gasteiger partial charge in [0.05, 0.1) is 57.1 Å². The Morgan fingerprint density at radius 2 is 1.07 bits per heavy atom. The van der Waals surface area contributed by atoms with E-state index in [1.165, 1.54) is 12.4 Å². The minimum Gasteiger partial charge on any atom is -0.506 e. The van der Waals surface area contributed by atoms with E-state index in [2.05, 4.69) is 96.8 Å². The van der Waals surface area contributed by atoms with Crippen LogP contribution in [0.5, 0.6) is 11.5 Å². The number of nitrogens with zero attached hydrogens (tertiary/aromatic N) is 6. The molecule has 14 heteroatoms. The van der Waals surface area contributed by atoms with Crippen molar-refractivity contribution in [2.24, 2.45) is 0 Å². The summed E-state index contributed by atoms with van der Waals surface area (Å²) in [4.78, 5) is 16.6. The Morgan fingerprint density at radius 1 is 0.597 bits per heavy atom. The first-order valence-electron chi connectivity index (χ1n) is 21.2. The quantitative estimate of drug-likeness (QED) is 0.106. The lowest BCUT2D eigenvalue weighted by atomic mass is 9.78. The second kappa shape index (κ2) is 21.3. The standard InChI is InChI=1S/C24H26BN3O2.C23H18N4O.C5H4BrNO.CH4/c1-16(17-9-7-6-8-10-17)28-22-18(14-26)15-27-21-12-11-19(13-20(21)22)25-29-23(2,3)24(4,5)30-25;1-15(16-5-3-2-4-6-16)27-23-19(11-24)13-26-22-8-7-17(10-21(22)23)18-9-20(28)14-25-12-18;6-4-1-5(8)3-7-2-4;/h6-13,15-16H,1-5H3,(H,27,28);2-10,12-15,28H,1H3,(H,26,27);1-3,8H;1H4. The van der Waals surface area contributed by atoms with Gasteiger partial charge in [-0.2, -0.15) is 10.5 Å². The third-order valence-electron chi connectivity index (χ3n) is 11.6. The topological polar surface area (TPSA) is 182 Å². The van der Waals surface area contributed by atoms with Crippen molar-refractivity contribution >= 4 is 61.7 Å². The van der Waals surface area contributed by atoms with Crippen molar-refractivity contribution in [3.05, 3.63) is 173 Å². The summed E-state index contributed by atoms with van der Waals surface area (Å²) in [6, 6.07) is 39.8. The Bertz CT molecular complexity index is 3040. The molecule has 0 bridgehead atoms. The van der Waals surface area contributed by atoms with Crippen LogP contribution in [-0.4, -0.2) is 48.5 Å². The molecule has 0 radical (unpaired) electrons. The van der Waals surface area contributed by atoms with Crippen molar-refractivity contribution in [2.75, 3.05) is 10.6 Å². The van der Waals surface area contributed by atoms with Gasteiger partial charge in [0.15, 0.2) is 0 Å². The summed E-state index contributed by atoms with van der Waals surface area (Å²) in [6.45, 7) is 12.3. The smallest absolute Gasteiger partial charge is 0.494 e. The lowest BCUT2D eigenvalue weighted by Gasteiger charge is -2.32. The molecule has 1 aliphatic rings. The van der Waals surface area contributed by atoms with Crippen LogP contribution in [0, 0.1) is 22.7 Å². The molecule has 1 fully saturated rings. The Balaban J connectivity index is 0.000000187. The molecule has 4 aromatic carbocycles. The number of rotatable bonds is 8. The predicted molar refractivity (Wildman–Crippen MR) is 271 cm³/mol. The Morgan fingerprint density at radius 3 is 1.54 bits per heavy atom. The number of benzene rings is 4. The predicted octanol–water partition coefficient (Wildman–Crippen LogP) is 11.8. The first-order valence-corrected chi connectivity index (χ1v) is 22.0. The van der Waals surface area contributed by atoms with Crippen LogP contribution in [-0.2, 0) is 9.31 Å². The molecule has 4 aromatic heterocycles. The van der Waals surface area contributed by atoms with Gasteiger partial charge in [0.25, 0.3) is 0 Å².